The summed E-state index contributed by atoms with van der Waals surface area (Å²) < 4.78 is 5.61. The van der Waals surface area contributed by atoms with E-state index >= 15 is 0 Å². The molecule has 1 aromatic heterocycles. The molecule has 0 aliphatic carbocycles. The largest absolute Gasteiger partial charge is 0.374 e. The highest BCUT2D eigenvalue weighted by atomic mass is 16.5. The first-order valence-corrected chi connectivity index (χ1v) is 9.12. The molecule has 0 fully saturated rings. The van der Waals surface area contributed by atoms with Gasteiger partial charge in [0.25, 0.3) is 0 Å². The van der Waals surface area contributed by atoms with E-state index < -0.39 is 5.92 Å². The van der Waals surface area contributed by atoms with Crippen molar-refractivity contribution in [3.63, 3.8) is 0 Å². The van der Waals surface area contributed by atoms with Crippen LogP contribution in [0, 0.1) is 0 Å². The van der Waals surface area contributed by atoms with Crippen molar-refractivity contribution in [1.82, 2.24) is 4.98 Å². The molecule has 0 saturated heterocycles. The zero-order chi connectivity index (χ0) is 19.2. The Morgan fingerprint density at radius 1 is 1.11 bits per heavy atom. The lowest BCUT2D eigenvalue weighted by Gasteiger charge is -2.16. The number of hydrogen-bond donors (Lipinski definition) is 2. The normalized spacial score (nSPS) is 12.3. The minimum atomic E-state index is -0.404. The van der Waals surface area contributed by atoms with Gasteiger partial charge in [0.15, 0.2) is 0 Å². The highest BCUT2D eigenvalue weighted by Crippen LogP contribution is 2.21. The number of hydrogen-bond acceptors (Lipinski definition) is 4. The van der Waals surface area contributed by atoms with Crippen LogP contribution in [-0.2, 0) is 16.1 Å². The molecule has 1 heterocycles. The molecule has 3 aromatic rings. The van der Waals surface area contributed by atoms with Gasteiger partial charge in [-0.05, 0) is 48.6 Å². The zero-order valence-corrected chi connectivity index (χ0v) is 15.7. The summed E-state index contributed by atoms with van der Waals surface area (Å²) in [5.41, 5.74) is 8.61. The molecule has 2 aromatic carbocycles. The highest BCUT2D eigenvalue weighted by molar-refractivity contribution is 5.98. The van der Waals surface area contributed by atoms with E-state index in [0.29, 0.717) is 6.61 Å². The van der Waals surface area contributed by atoms with Crippen LogP contribution in [0.15, 0.2) is 60.9 Å². The minimum absolute atomic E-state index is 0.114. The van der Waals surface area contributed by atoms with Crippen LogP contribution >= 0.6 is 0 Å². The SMILES string of the molecule is CC(C)OCc1ccc(C(CN)C(=O)Nc2ccc3cnccc3c2)cc1. The predicted molar refractivity (Wildman–Crippen MR) is 109 cm³/mol. The van der Waals surface area contributed by atoms with Crippen LogP contribution in [0.1, 0.15) is 30.9 Å². The molecular formula is C22H25N3O2. The average molecular weight is 363 g/mol. The number of ether oxygens (including phenoxy) is 1. The first kappa shape index (κ1) is 19.0. The van der Waals surface area contributed by atoms with E-state index in [9.17, 15) is 4.79 Å². The van der Waals surface area contributed by atoms with E-state index in [-0.39, 0.29) is 18.6 Å². The molecule has 1 amide bonds. The molecule has 1 unspecified atom stereocenters. The number of amides is 1. The van der Waals surface area contributed by atoms with E-state index in [0.717, 1.165) is 27.6 Å². The fraction of sp³-hybridized carbons (Fsp3) is 0.273. The van der Waals surface area contributed by atoms with Crippen molar-refractivity contribution in [2.24, 2.45) is 5.73 Å². The Labute approximate surface area is 159 Å². The van der Waals surface area contributed by atoms with Crippen LogP contribution in [0.4, 0.5) is 5.69 Å². The smallest absolute Gasteiger partial charge is 0.233 e. The standard InChI is InChI=1S/C22H25N3O2/c1-15(2)27-14-16-3-5-17(6-4-16)21(12-23)22(26)25-20-8-7-19-13-24-10-9-18(19)11-20/h3-11,13,15,21H,12,14,23H2,1-2H3,(H,25,26). The van der Waals surface area contributed by atoms with Crippen molar-refractivity contribution in [1.29, 1.82) is 0 Å². The van der Waals surface area contributed by atoms with Crippen LogP contribution in [0.25, 0.3) is 10.8 Å². The minimum Gasteiger partial charge on any atom is -0.374 e. The van der Waals surface area contributed by atoms with E-state index in [1.165, 1.54) is 0 Å². The van der Waals surface area contributed by atoms with Gasteiger partial charge in [0.05, 0.1) is 18.6 Å². The topological polar surface area (TPSA) is 77.2 Å². The van der Waals surface area contributed by atoms with Crippen molar-refractivity contribution in [3.8, 4) is 0 Å². The quantitative estimate of drug-likeness (QED) is 0.669. The number of carbonyl (C=O) groups excluding carboxylic acids is 1. The van der Waals surface area contributed by atoms with Crippen molar-refractivity contribution >= 4 is 22.4 Å². The second-order valence-corrected chi connectivity index (χ2v) is 6.82. The molecule has 0 aliphatic heterocycles. The van der Waals surface area contributed by atoms with Crippen LogP contribution in [0.3, 0.4) is 0 Å². The van der Waals surface area contributed by atoms with Gasteiger partial charge in [-0.15, -0.1) is 0 Å². The molecule has 1 atom stereocenters. The molecule has 3 N–H and O–H groups in total. The van der Waals surface area contributed by atoms with E-state index in [2.05, 4.69) is 10.3 Å². The summed E-state index contributed by atoms with van der Waals surface area (Å²) in [5.74, 6) is -0.518. The Hall–Kier alpha value is -2.76. The van der Waals surface area contributed by atoms with E-state index in [1.807, 2.05) is 62.4 Å². The summed E-state index contributed by atoms with van der Waals surface area (Å²) >= 11 is 0. The number of carbonyl (C=O) groups is 1. The van der Waals surface area contributed by atoms with Crippen LogP contribution < -0.4 is 11.1 Å². The van der Waals surface area contributed by atoms with Gasteiger partial charge in [-0.25, -0.2) is 0 Å². The summed E-state index contributed by atoms with van der Waals surface area (Å²) in [6, 6.07) is 15.5. The number of nitrogens with one attached hydrogen (secondary N) is 1. The lowest BCUT2D eigenvalue weighted by molar-refractivity contribution is -0.117. The molecule has 0 bridgehead atoms. The molecule has 0 radical (unpaired) electrons. The van der Waals surface area contributed by atoms with Gasteiger partial charge in [0, 0.05) is 30.0 Å². The second-order valence-electron chi connectivity index (χ2n) is 6.82. The number of benzene rings is 2. The summed E-state index contributed by atoms with van der Waals surface area (Å²) in [6.07, 6.45) is 3.72. The molecule has 3 rings (SSSR count). The molecule has 0 spiro atoms. The molecule has 5 heteroatoms. The fourth-order valence-corrected chi connectivity index (χ4v) is 2.89. The maximum absolute atomic E-state index is 12.8. The van der Waals surface area contributed by atoms with Gasteiger partial charge in [-0.3, -0.25) is 9.78 Å². The molecular weight excluding hydrogens is 338 g/mol. The summed E-state index contributed by atoms with van der Waals surface area (Å²) in [5, 5.41) is 5.04. The third-order valence-electron chi connectivity index (χ3n) is 4.43. The molecule has 0 aliphatic rings. The van der Waals surface area contributed by atoms with Crippen LogP contribution in [-0.4, -0.2) is 23.5 Å². The van der Waals surface area contributed by atoms with Crippen molar-refractivity contribution in [2.75, 3.05) is 11.9 Å². The maximum atomic E-state index is 12.8. The van der Waals surface area contributed by atoms with Crippen molar-refractivity contribution in [2.45, 2.75) is 32.5 Å². The molecule has 140 valence electrons. The third kappa shape index (κ3) is 4.90. The predicted octanol–water partition coefficient (Wildman–Crippen LogP) is 3.84. The van der Waals surface area contributed by atoms with Crippen molar-refractivity contribution in [3.05, 3.63) is 72.1 Å². The maximum Gasteiger partial charge on any atom is 0.233 e. The van der Waals surface area contributed by atoms with E-state index in [1.54, 1.807) is 12.4 Å². The molecule has 0 saturated carbocycles. The van der Waals surface area contributed by atoms with Gasteiger partial charge >= 0.3 is 0 Å². The number of pyridine rings is 1. The highest BCUT2D eigenvalue weighted by Gasteiger charge is 2.19. The Morgan fingerprint density at radius 3 is 2.59 bits per heavy atom. The Bertz CT molecular complexity index is 907. The number of nitrogens with two attached hydrogens (primary N) is 1. The Balaban J connectivity index is 1.71. The van der Waals surface area contributed by atoms with Gasteiger partial charge in [-0.1, -0.05) is 30.3 Å². The first-order chi connectivity index (χ1) is 13.1. The van der Waals surface area contributed by atoms with Crippen LogP contribution in [0.2, 0.25) is 0 Å². The summed E-state index contributed by atoms with van der Waals surface area (Å²) in [6.45, 7) is 4.81. The van der Waals surface area contributed by atoms with Gasteiger partial charge in [-0.2, -0.15) is 0 Å². The van der Waals surface area contributed by atoms with Gasteiger partial charge in [0.1, 0.15) is 0 Å². The Kier molecular flexibility index (Phi) is 6.16. The lowest BCUT2D eigenvalue weighted by Crippen LogP contribution is -2.27. The second kappa shape index (κ2) is 8.75. The zero-order valence-electron chi connectivity index (χ0n) is 15.7. The number of rotatable bonds is 7. The van der Waals surface area contributed by atoms with Crippen molar-refractivity contribution < 1.29 is 9.53 Å². The molecule has 27 heavy (non-hydrogen) atoms. The number of aromatic nitrogens is 1. The average Bonchev–Trinajstić information content (AvgIpc) is 2.68. The number of fused-ring (bicyclic) bond motifs is 1. The van der Waals surface area contributed by atoms with E-state index in [4.69, 9.17) is 10.5 Å². The summed E-state index contributed by atoms with van der Waals surface area (Å²) in [4.78, 5) is 16.9. The monoisotopic (exact) mass is 363 g/mol. The Morgan fingerprint density at radius 2 is 1.89 bits per heavy atom. The summed E-state index contributed by atoms with van der Waals surface area (Å²) in [7, 11) is 0. The van der Waals surface area contributed by atoms with Gasteiger partial charge in [0.2, 0.25) is 5.91 Å². The third-order valence-corrected chi connectivity index (χ3v) is 4.43. The number of anilines is 1. The fourth-order valence-electron chi connectivity index (χ4n) is 2.89. The van der Waals surface area contributed by atoms with Gasteiger partial charge < -0.3 is 15.8 Å². The first-order valence-electron chi connectivity index (χ1n) is 9.12. The van der Waals surface area contributed by atoms with Crippen LogP contribution in [0.5, 0.6) is 0 Å². The molecule has 5 nitrogen and oxygen atoms in total. The number of nitrogens with zero attached hydrogens (tertiary/aromatic N) is 1. The lowest BCUT2D eigenvalue weighted by atomic mass is 9.97.